The fraction of sp³-hybridized carbons (Fsp3) is 0.444. The van der Waals surface area contributed by atoms with Gasteiger partial charge in [-0.05, 0) is 33.6 Å². The molecule has 0 spiro atoms. The number of aliphatic carboxylic acids is 1. The van der Waals surface area contributed by atoms with Gasteiger partial charge in [-0.2, -0.15) is 0 Å². The van der Waals surface area contributed by atoms with Gasteiger partial charge in [0.2, 0.25) is 0 Å². The van der Waals surface area contributed by atoms with Crippen molar-refractivity contribution < 1.29 is 19.4 Å². The van der Waals surface area contributed by atoms with Gasteiger partial charge < -0.3 is 9.84 Å². The molecule has 0 atom stereocenters. The Morgan fingerprint density at radius 1 is 0.909 bits per heavy atom. The molecule has 22 heavy (non-hydrogen) atoms. The number of carboxylic acids is 1. The van der Waals surface area contributed by atoms with Gasteiger partial charge in [0.05, 0.1) is 6.61 Å². The van der Waals surface area contributed by atoms with Gasteiger partial charge in [-0.15, -0.1) is 0 Å². The first kappa shape index (κ1) is 22.2. The van der Waals surface area contributed by atoms with Crippen molar-refractivity contribution in [1.82, 2.24) is 0 Å². The molecule has 0 unspecified atom stereocenters. The van der Waals surface area contributed by atoms with Gasteiger partial charge in [0.25, 0.3) is 0 Å². The molecule has 0 heterocycles. The molecular formula is C18H28O4. The van der Waals surface area contributed by atoms with Gasteiger partial charge >= 0.3 is 11.9 Å². The topological polar surface area (TPSA) is 63.6 Å². The number of hydrogen-bond donors (Lipinski definition) is 1. The van der Waals surface area contributed by atoms with Crippen LogP contribution in [0, 0.1) is 0 Å². The maximum Gasteiger partial charge on any atom is 0.306 e. The predicted octanol–water partition coefficient (Wildman–Crippen LogP) is 4.45. The summed E-state index contributed by atoms with van der Waals surface area (Å²) in [6, 6.07) is 0. The average Bonchev–Trinajstić information content (AvgIpc) is 2.47. The molecule has 0 aliphatic rings. The molecule has 0 fully saturated rings. The summed E-state index contributed by atoms with van der Waals surface area (Å²) in [7, 11) is 0. The van der Waals surface area contributed by atoms with Crippen molar-refractivity contribution >= 4 is 11.9 Å². The van der Waals surface area contributed by atoms with Crippen LogP contribution in [0.4, 0.5) is 0 Å². The van der Waals surface area contributed by atoms with Gasteiger partial charge in [0, 0.05) is 12.8 Å². The lowest BCUT2D eigenvalue weighted by Gasteiger charge is -1.97. The Morgan fingerprint density at radius 2 is 1.41 bits per heavy atom. The third-order valence-corrected chi connectivity index (χ3v) is 2.22. The van der Waals surface area contributed by atoms with Crippen molar-refractivity contribution in [3.63, 3.8) is 0 Å². The molecule has 124 valence electrons. The van der Waals surface area contributed by atoms with Crippen LogP contribution >= 0.6 is 0 Å². The second-order valence-corrected chi connectivity index (χ2v) is 4.18. The Balaban J connectivity index is 0. The van der Waals surface area contributed by atoms with E-state index in [1.165, 1.54) is 0 Å². The molecule has 4 heteroatoms. The van der Waals surface area contributed by atoms with E-state index in [2.05, 4.69) is 0 Å². The van der Waals surface area contributed by atoms with Crippen LogP contribution in [0.5, 0.6) is 0 Å². The molecule has 0 aliphatic heterocycles. The van der Waals surface area contributed by atoms with E-state index in [0.717, 1.165) is 6.42 Å². The molecular weight excluding hydrogens is 280 g/mol. The summed E-state index contributed by atoms with van der Waals surface area (Å²) in [5.41, 5.74) is 0. The highest BCUT2D eigenvalue weighted by molar-refractivity contribution is 5.69. The fourth-order valence-electron chi connectivity index (χ4n) is 1.21. The Bertz CT molecular complexity index is 390. The monoisotopic (exact) mass is 308 g/mol. The lowest BCUT2D eigenvalue weighted by atomic mass is 10.3. The van der Waals surface area contributed by atoms with E-state index in [4.69, 9.17) is 9.84 Å². The number of allylic oxidation sites excluding steroid dienone is 8. The molecule has 0 aromatic rings. The molecule has 0 rings (SSSR count). The van der Waals surface area contributed by atoms with Crippen LogP contribution in [0.3, 0.4) is 0 Å². The first-order valence-corrected chi connectivity index (χ1v) is 7.51. The van der Waals surface area contributed by atoms with Crippen LogP contribution in [-0.2, 0) is 14.3 Å². The molecule has 0 saturated heterocycles. The minimum atomic E-state index is -0.745. The molecule has 0 aromatic heterocycles. The molecule has 0 aliphatic carbocycles. The number of carbonyl (C=O) groups is 2. The molecule has 1 N–H and O–H groups in total. The van der Waals surface area contributed by atoms with E-state index in [1.54, 1.807) is 0 Å². The highest BCUT2D eigenvalue weighted by Gasteiger charge is 1.96. The lowest BCUT2D eigenvalue weighted by Crippen LogP contribution is -2.02. The average molecular weight is 308 g/mol. The number of ether oxygens (including phenoxy) is 1. The minimum Gasteiger partial charge on any atom is -0.481 e. The Morgan fingerprint density at radius 3 is 1.82 bits per heavy atom. The molecule has 0 amide bonds. The Kier molecular flexibility index (Phi) is 19.1. The Labute approximate surface area is 133 Å². The van der Waals surface area contributed by atoms with E-state index in [1.807, 2.05) is 69.4 Å². The molecule has 4 nitrogen and oxygen atoms in total. The van der Waals surface area contributed by atoms with E-state index >= 15 is 0 Å². The minimum absolute atomic E-state index is 0.123. The van der Waals surface area contributed by atoms with Crippen LogP contribution in [0.2, 0.25) is 0 Å². The van der Waals surface area contributed by atoms with E-state index in [0.29, 0.717) is 19.4 Å². The summed E-state index contributed by atoms with van der Waals surface area (Å²) in [4.78, 5) is 20.8. The first-order chi connectivity index (χ1) is 10.6. The van der Waals surface area contributed by atoms with Crippen molar-refractivity contribution in [3.8, 4) is 0 Å². The quantitative estimate of drug-likeness (QED) is 0.505. The van der Waals surface area contributed by atoms with Crippen LogP contribution in [0.15, 0.2) is 48.6 Å². The van der Waals surface area contributed by atoms with Gasteiger partial charge in [-0.3, -0.25) is 9.59 Å². The second-order valence-electron chi connectivity index (χ2n) is 4.18. The SMILES string of the molecule is C/C=C/C=C\CCC(=O)O.C/C=C/C=C\CCC(=O)OCC. The third kappa shape index (κ3) is 23.0. The van der Waals surface area contributed by atoms with Crippen LogP contribution < -0.4 is 0 Å². The number of rotatable bonds is 9. The lowest BCUT2D eigenvalue weighted by molar-refractivity contribution is -0.143. The summed E-state index contributed by atoms with van der Waals surface area (Å²) < 4.78 is 4.76. The van der Waals surface area contributed by atoms with Gasteiger partial charge in [0.1, 0.15) is 0 Å². The van der Waals surface area contributed by atoms with Gasteiger partial charge in [-0.25, -0.2) is 0 Å². The fourth-order valence-corrected chi connectivity index (χ4v) is 1.21. The summed E-state index contributed by atoms with van der Waals surface area (Å²) in [6.07, 6.45) is 17.3. The molecule has 0 bridgehead atoms. The van der Waals surface area contributed by atoms with Crippen molar-refractivity contribution in [2.45, 2.75) is 46.5 Å². The maximum absolute atomic E-state index is 10.8. The maximum atomic E-state index is 10.8. The Hall–Kier alpha value is -2.10. The second kappa shape index (κ2) is 18.9. The third-order valence-electron chi connectivity index (χ3n) is 2.22. The van der Waals surface area contributed by atoms with Crippen LogP contribution in [-0.4, -0.2) is 23.7 Å². The number of esters is 1. The summed E-state index contributed by atoms with van der Waals surface area (Å²) >= 11 is 0. The smallest absolute Gasteiger partial charge is 0.306 e. The van der Waals surface area contributed by atoms with Gasteiger partial charge in [-0.1, -0.05) is 48.6 Å². The molecule has 0 aromatic carbocycles. The predicted molar refractivity (Wildman–Crippen MR) is 90.6 cm³/mol. The van der Waals surface area contributed by atoms with Crippen molar-refractivity contribution in [1.29, 1.82) is 0 Å². The van der Waals surface area contributed by atoms with Crippen molar-refractivity contribution in [2.24, 2.45) is 0 Å². The number of hydrogen-bond acceptors (Lipinski definition) is 3. The summed E-state index contributed by atoms with van der Waals surface area (Å²) in [5.74, 6) is -0.868. The summed E-state index contributed by atoms with van der Waals surface area (Å²) in [5, 5.41) is 8.22. The highest BCUT2D eigenvalue weighted by Crippen LogP contribution is 1.94. The van der Waals surface area contributed by atoms with Gasteiger partial charge in [0.15, 0.2) is 0 Å². The van der Waals surface area contributed by atoms with E-state index < -0.39 is 5.97 Å². The van der Waals surface area contributed by atoms with Crippen molar-refractivity contribution in [2.75, 3.05) is 6.61 Å². The largest absolute Gasteiger partial charge is 0.481 e. The van der Waals surface area contributed by atoms with E-state index in [9.17, 15) is 9.59 Å². The number of carboxylic acid groups (broad SMARTS) is 1. The van der Waals surface area contributed by atoms with Crippen molar-refractivity contribution in [3.05, 3.63) is 48.6 Å². The molecule has 0 saturated carbocycles. The van der Waals surface area contributed by atoms with E-state index in [-0.39, 0.29) is 12.4 Å². The highest BCUT2D eigenvalue weighted by atomic mass is 16.5. The number of carbonyl (C=O) groups excluding carboxylic acids is 1. The molecule has 0 radical (unpaired) electrons. The zero-order valence-corrected chi connectivity index (χ0v) is 13.8. The zero-order valence-electron chi connectivity index (χ0n) is 13.8. The standard InChI is InChI=1S/C10H16O2.C8H12O2/c1-3-5-6-7-8-9-10(11)12-4-2;1-2-3-4-5-6-7-8(9)10/h3,5-7H,4,8-9H2,1-2H3;2-5H,6-7H2,1H3,(H,9,10)/b5-3+,7-6-;3-2+,5-4-. The van der Waals surface area contributed by atoms with Crippen LogP contribution in [0.1, 0.15) is 46.5 Å². The van der Waals surface area contributed by atoms with Crippen LogP contribution in [0.25, 0.3) is 0 Å². The summed E-state index contributed by atoms with van der Waals surface area (Å²) in [6.45, 7) is 6.15. The zero-order chi connectivity index (χ0) is 17.1. The first-order valence-electron chi connectivity index (χ1n) is 7.51. The normalized spacial score (nSPS) is 11.2.